The van der Waals surface area contributed by atoms with Crippen molar-refractivity contribution in [1.29, 1.82) is 0 Å². The fraction of sp³-hybridized carbons (Fsp3) is 0.481. The van der Waals surface area contributed by atoms with Crippen LogP contribution in [0, 0.1) is 0 Å². The lowest BCUT2D eigenvalue weighted by atomic mass is 10.0. The Hall–Kier alpha value is -4.50. The molecule has 0 saturated carbocycles. The molecule has 0 aliphatic carbocycles. The number of benzene rings is 1. The van der Waals surface area contributed by atoms with Gasteiger partial charge in [0.25, 0.3) is 0 Å². The molecule has 42 heavy (non-hydrogen) atoms. The predicted molar refractivity (Wildman–Crippen MR) is 157 cm³/mol. The number of aromatic nitrogens is 2. The van der Waals surface area contributed by atoms with Crippen molar-refractivity contribution in [2.75, 3.05) is 13.1 Å². The Morgan fingerprint density at radius 3 is 2.14 bits per heavy atom. The number of nitrogens with two attached hydrogens (primary N) is 4. The second-order valence-corrected chi connectivity index (χ2v) is 9.83. The number of H-pyrrole nitrogens is 1. The highest BCUT2D eigenvalue weighted by molar-refractivity contribution is 5.94. The topological polar surface area (TPSA) is 270 Å². The number of hydrogen-bond donors (Lipinski definition) is 9. The number of imidazole rings is 1. The molecule has 2 aromatic rings. The molecule has 1 aromatic heterocycles. The molecular formula is C27H42N10O5. The first-order valence-corrected chi connectivity index (χ1v) is 13.8. The van der Waals surface area contributed by atoms with Crippen LogP contribution in [0.25, 0.3) is 0 Å². The van der Waals surface area contributed by atoms with E-state index in [1.165, 1.54) is 6.33 Å². The summed E-state index contributed by atoms with van der Waals surface area (Å²) >= 11 is 0. The standard InChI is InChI=1S/C27H42N10O5/c28-11-5-4-9-21(26(41)42)36-24(39)20(10-6-12-33-27(30)31)35-25(40)22(13-17-7-2-1-3-8-17)37-23(38)19(29)14-18-15-32-16-34-18/h1-3,7-8,15-16,19-22H,4-6,9-14,28-29H2,(H,32,34)(H,35,40)(H,36,39)(H,37,38)(H,41,42)(H4,30,31,33). The molecule has 0 aliphatic heterocycles. The maximum absolute atomic E-state index is 13.5. The van der Waals surface area contributed by atoms with Gasteiger partial charge in [-0.15, -0.1) is 0 Å². The van der Waals surface area contributed by atoms with E-state index in [9.17, 15) is 24.3 Å². The molecule has 0 aliphatic rings. The van der Waals surface area contributed by atoms with Crippen molar-refractivity contribution in [3.8, 4) is 0 Å². The highest BCUT2D eigenvalue weighted by Gasteiger charge is 2.30. The average molecular weight is 587 g/mol. The van der Waals surface area contributed by atoms with Crippen LogP contribution in [0.3, 0.4) is 0 Å². The zero-order chi connectivity index (χ0) is 30.9. The molecule has 0 saturated heterocycles. The first kappa shape index (κ1) is 33.7. The number of carbonyl (C=O) groups is 4. The molecule has 2 rings (SSSR count). The van der Waals surface area contributed by atoms with Gasteiger partial charge in [0.15, 0.2) is 5.96 Å². The third-order valence-electron chi connectivity index (χ3n) is 6.39. The van der Waals surface area contributed by atoms with Gasteiger partial charge in [0, 0.05) is 31.3 Å². The molecule has 3 amide bonds. The van der Waals surface area contributed by atoms with Gasteiger partial charge in [0.2, 0.25) is 17.7 Å². The van der Waals surface area contributed by atoms with Crippen LogP contribution >= 0.6 is 0 Å². The summed E-state index contributed by atoms with van der Waals surface area (Å²) in [6, 6.07) is 4.67. The number of guanidine groups is 1. The van der Waals surface area contributed by atoms with E-state index in [-0.39, 0.29) is 38.2 Å². The zero-order valence-electron chi connectivity index (χ0n) is 23.5. The van der Waals surface area contributed by atoms with Crippen LogP contribution in [0.1, 0.15) is 43.4 Å². The number of aromatic amines is 1. The van der Waals surface area contributed by atoms with E-state index in [1.807, 2.05) is 6.07 Å². The summed E-state index contributed by atoms with van der Waals surface area (Å²) in [6.45, 7) is 0.581. The molecule has 4 unspecified atom stereocenters. The lowest BCUT2D eigenvalue weighted by Crippen LogP contribution is -2.57. The number of hydrogen-bond acceptors (Lipinski definition) is 8. The summed E-state index contributed by atoms with van der Waals surface area (Å²) in [4.78, 5) is 62.2. The molecule has 0 fully saturated rings. The molecule has 230 valence electrons. The van der Waals surface area contributed by atoms with Gasteiger partial charge >= 0.3 is 5.97 Å². The molecule has 0 spiro atoms. The van der Waals surface area contributed by atoms with Gasteiger partial charge in [0.05, 0.1) is 12.4 Å². The van der Waals surface area contributed by atoms with Crippen molar-refractivity contribution >= 4 is 29.7 Å². The minimum Gasteiger partial charge on any atom is -0.480 e. The number of carbonyl (C=O) groups excluding carboxylic acids is 3. The summed E-state index contributed by atoms with van der Waals surface area (Å²) in [6.07, 6.45) is 5.00. The molecule has 15 nitrogen and oxygen atoms in total. The Balaban J connectivity index is 2.21. The first-order chi connectivity index (χ1) is 20.1. The molecule has 0 radical (unpaired) electrons. The third-order valence-corrected chi connectivity index (χ3v) is 6.39. The van der Waals surface area contributed by atoms with E-state index in [2.05, 4.69) is 30.9 Å². The van der Waals surface area contributed by atoms with Crippen molar-refractivity contribution in [1.82, 2.24) is 25.9 Å². The number of rotatable bonds is 19. The van der Waals surface area contributed by atoms with Crippen molar-refractivity contribution in [3.63, 3.8) is 0 Å². The van der Waals surface area contributed by atoms with Crippen LogP contribution in [-0.4, -0.2) is 82.0 Å². The Morgan fingerprint density at radius 1 is 0.881 bits per heavy atom. The minimum absolute atomic E-state index is 0.106. The quantitative estimate of drug-likeness (QED) is 0.0508. The van der Waals surface area contributed by atoms with Gasteiger partial charge in [-0.3, -0.25) is 19.4 Å². The third kappa shape index (κ3) is 12.3. The SMILES string of the molecule is NCCCCC(NC(=O)C(CCCN=C(N)N)NC(=O)C(Cc1ccccc1)NC(=O)C(N)Cc1cnc[nH]1)C(=O)O. The summed E-state index contributed by atoms with van der Waals surface area (Å²) < 4.78 is 0. The molecule has 1 aromatic carbocycles. The number of amides is 3. The summed E-state index contributed by atoms with van der Waals surface area (Å²) in [7, 11) is 0. The molecule has 0 bridgehead atoms. The van der Waals surface area contributed by atoms with Crippen LogP contribution in [0.5, 0.6) is 0 Å². The second-order valence-electron chi connectivity index (χ2n) is 9.83. The lowest BCUT2D eigenvalue weighted by Gasteiger charge is -2.25. The Bertz CT molecular complexity index is 1160. The van der Waals surface area contributed by atoms with Crippen molar-refractivity contribution < 1.29 is 24.3 Å². The van der Waals surface area contributed by atoms with Crippen LogP contribution in [-0.2, 0) is 32.0 Å². The number of unbranched alkanes of at least 4 members (excludes halogenated alkanes) is 1. The van der Waals surface area contributed by atoms with Crippen LogP contribution in [0.4, 0.5) is 0 Å². The summed E-state index contributed by atoms with van der Waals surface area (Å²) in [5.41, 5.74) is 23.8. The highest BCUT2D eigenvalue weighted by atomic mass is 16.4. The molecular weight excluding hydrogens is 544 g/mol. The maximum Gasteiger partial charge on any atom is 0.326 e. The van der Waals surface area contributed by atoms with Gasteiger partial charge in [0.1, 0.15) is 18.1 Å². The highest BCUT2D eigenvalue weighted by Crippen LogP contribution is 2.08. The lowest BCUT2D eigenvalue weighted by molar-refractivity contribution is -0.142. The normalized spacial score (nSPS) is 13.7. The van der Waals surface area contributed by atoms with Gasteiger partial charge in [-0.2, -0.15) is 0 Å². The monoisotopic (exact) mass is 586 g/mol. The van der Waals surface area contributed by atoms with E-state index in [4.69, 9.17) is 22.9 Å². The Kier molecular flexibility index (Phi) is 14.5. The summed E-state index contributed by atoms with van der Waals surface area (Å²) in [5, 5.41) is 17.5. The molecule has 4 atom stereocenters. The molecule has 15 heteroatoms. The fourth-order valence-electron chi connectivity index (χ4n) is 4.13. The Morgan fingerprint density at radius 2 is 1.52 bits per heavy atom. The van der Waals surface area contributed by atoms with Gasteiger partial charge < -0.3 is 49.0 Å². The summed E-state index contributed by atoms with van der Waals surface area (Å²) in [5.74, 6) is -3.22. The number of aliphatic carboxylic acids is 1. The largest absolute Gasteiger partial charge is 0.480 e. The second kappa shape index (κ2) is 18.0. The van der Waals surface area contributed by atoms with Crippen LogP contribution in [0.2, 0.25) is 0 Å². The van der Waals surface area contributed by atoms with E-state index in [0.717, 1.165) is 5.56 Å². The number of carboxylic acids is 1. The van der Waals surface area contributed by atoms with E-state index < -0.39 is 47.9 Å². The number of nitrogens with zero attached hydrogens (tertiary/aromatic N) is 2. The van der Waals surface area contributed by atoms with Crippen molar-refractivity contribution in [2.24, 2.45) is 27.9 Å². The van der Waals surface area contributed by atoms with Crippen LogP contribution < -0.4 is 38.9 Å². The fourth-order valence-corrected chi connectivity index (χ4v) is 4.13. The van der Waals surface area contributed by atoms with Gasteiger partial charge in [-0.05, 0) is 44.2 Å². The smallest absolute Gasteiger partial charge is 0.326 e. The average Bonchev–Trinajstić information content (AvgIpc) is 3.47. The van der Waals surface area contributed by atoms with Crippen LogP contribution in [0.15, 0.2) is 47.8 Å². The Labute approximate surface area is 244 Å². The number of aliphatic imine (C=N–C) groups is 1. The maximum atomic E-state index is 13.5. The van der Waals surface area contributed by atoms with E-state index >= 15 is 0 Å². The number of nitrogens with one attached hydrogen (secondary N) is 4. The van der Waals surface area contributed by atoms with E-state index in [0.29, 0.717) is 31.5 Å². The minimum atomic E-state index is -1.20. The van der Waals surface area contributed by atoms with E-state index in [1.54, 1.807) is 30.5 Å². The molecule has 13 N–H and O–H groups in total. The van der Waals surface area contributed by atoms with Crippen molar-refractivity contribution in [3.05, 3.63) is 54.1 Å². The van der Waals surface area contributed by atoms with Gasteiger partial charge in [-0.25, -0.2) is 9.78 Å². The predicted octanol–water partition coefficient (Wildman–Crippen LogP) is -1.76. The van der Waals surface area contributed by atoms with Gasteiger partial charge in [-0.1, -0.05) is 30.3 Å². The number of carboxylic acid groups (broad SMARTS) is 1. The zero-order valence-corrected chi connectivity index (χ0v) is 23.5. The van der Waals surface area contributed by atoms with Crippen molar-refractivity contribution in [2.45, 2.75) is 69.1 Å². The first-order valence-electron chi connectivity index (χ1n) is 13.8. The molecule has 1 heterocycles.